The van der Waals surface area contributed by atoms with Crippen molar-refractivity contribution in [3.05, 3.63) is 34.7 Å². The normalized spacial score (nSPS) is 34.6. The zero-order valence-corrected chi connectivity index (χ0v) is 23.6. The van der Waals surface area contributed by atoms with Gasteiger partial charge in [0.2, 0.25) is 5.76 Å². The standard InChI is InChI=1S/C31H47NO5/c1-19(2)11-9-14-24(33)22-12-10-13-23-26-20(3)28(29-27(35-5)21(4)30(34)37-29)36-25(26)17-31(18-32(22)23)15-7-6-8-16-31/h17,19-20,22-24,26,33H,6-16,18H2,1-5H3/b29-28+/t20-,22-,23-,24-,26+/m0/s1. The van der Waals surface area contributed by atoms with Crippen LogP contribution in [-0.4, -0.2) is 47.8 Å². The highest BCUT2D eigenvalue weighted by Crippen LogP contribution is 2.53. The molecule has 1 aliphatic carbocycles. The van der Waals surface area contributed by atoms with Crippen LogP contribution in [0.1, 0.15) is 98.3 Å². The van der Waals surface area contributed by atoms with E-state index in [2.05, 4.69) is 31.7 Å². The molecule has 0 radical (unpaired) electrons. The first-order valence-electron chi connectivity index (χ1n) is 14.8. The molecule has 37 heavy (non-hydrogen) atoms. The topological polar surface area (TPSA) is 68.2 Å². The third-order valence-electron chi connectivity index (χ3n) is 9.77. The van der Waals surface area contributed by atoms with Crippen molar-refractivity contribution in [2.45, 2.75) is 117 Å². The van der Waals surface area contributed by atoms with E-state index in [0.29, 0.717) is 29.1 Å². The Morgan fingerprint density at radius 1 is 1.14 bits per heavy atom. The molecule has 0 aromatic rings. The molecule has 6 nitrogen and oxygen atoms in total. The average Bonchev–Trinajstić information content (AvgIpc) is 3.28. The minimum Gasteiger partial charge on any atom is -0.492 e. The maximum Gasteiger partial charge on any atom is 0.343 e. The Kier molecular flexibility index (Phi) is 7.80. The van der Waals surface area contributed by atoms with Gasteiger partial charge in [0.15, 0.2) is 11.5 Å². The number of allylic oxidation sites excluding steroid dienone is 1. The number of carbonyl (C=O) groups is 1. The van der Waals surface area contributed by atoms with Crippen molar-refractivity contribution in [1.82, 2.24) is 4.90 Å². The van der Waals surface area contributed by atoms with Gasteiger partial charge in [0.05, 0.1) is 18.8 Å². The highest BCUT2D eigenvalue weighted by Gasteiger charge is 2.53. The smallest absolute Gasteiger partial charge is 0.343 e. The molecule has 5 atom stereocenters. The summed E-state index contributed by atoms with van der Waals surface area (Å²) in [5.41, 5.74) is 0.574. The van der Waals surface area contributed by atoms with Crippen LogP contribution < -0.4 is 0 Å². The third kappa shape index (κ3) is 5.01. The zero-order chi connectivity index (χ0) is 26.3. The van der Waals surface area contributed by atoms with Gasteiger partial charge in [0.25, 0.3) is 0 Å². The van der Waals surface area contributed by atoms with E-state index in [-0.39, 0.29) is 35.4 Å². The van der Waals surface area contributed by atoms with E-state index in [4.69, 9.17) is 14.2 Å². The molecule has 1 N–H and O–H groups in total. The van der Waals surface area contributed by atoms with Gasteiger partial charge < -0.3 is 19.3 Å². The fourth-order valence-corrected chi connectivity index (χ4v) is 7.83. The molecule has 2 saturated heterocycles. The number of hydrogen-bond donors (Lipinski definition) is 1. The number of ether oxygens (including phenoxy) is 3. The largest absolute Gasteiger partial charge is 0.492 e. The summed E-state index contributed by atoms with van der Waals surface area (Å²) in [6.07, 6.45) is 14.7. The van der Waals surface area contributed by atoms with E-state index >= 15 is 0 Å². The third-order valence-corrected chi connectivity index (χ3v) is 9.77. The predicted molar refractivity (Wildman–Crippen MR) is 143 cm³/mol. The first-order chi connectivity index (χ1) is 17.7. The number of fused-ring (bicyclic) bond motifs is 3. The molecule has 5 rings (SSSR count). The lowest BCUT2D eigenvalue weighted by Gasteiger charge is -2.49. The summed E-state index contributed by atoms with van der Waals surface area (Å²) < 4.78 is 18.0. The fourth-order valence-electron chi connectivity index (χ4n) is 7.83. The molecule has 1 spiro atoms. The van der Waals surface area contributed by atoms with Crippen molar-refractivity contribution in [2.24, 2.45) is 23.2 Å². The van der Waals surface area contributed by atoms with Crippen LogP contribution in [0.25, 0.3) is 0 Å². The van der Waals surface area contributed by atoms with Gasteiger partial charge in [-0.25, -0.2) is 4.79 Å². The van der Waals surface area contributed by atoms with Gasteiger partial charge in [-0.1, -0.05) is 59.3 Å². The lowest BCUT2D eigenvalue weighted by atomic mass is 9.73. The summed E-state index contributed by atoms with van der Waals surface area (Å²) >= 11 is 0. The van der Waals surface area contributed by atoms with Crippen LogP contribution in [-0.2, 0) is 19.0 Å². The van der Waals surface area contributed by atoms with E-state index in [0.717, 1.165) is 50.2 Å². The molecule has 0 bridgehead atoms. The highest BCUT2D eigenvalue weighted by atomic mass is 16.6. The van der Waals surface area contributed by atoms with E-state index in [1.54, 1.807) is 14.0 Å². The molecule has 1 saturated carbocycles. The summed E-state index contributed by atoms with van der Waals surface area (Å²) in [7, 11) is 1.59. The maximum atomic E-state index is 12.4. The van der Waals surface area contributed by atoms with Crippen LogP contribution in [0.3, 0.4) is 0 Å². The van der Waals surface area contributed by atoms with E-state index < -0.39 is 0 Å². The van der Waals surface area contributed by atoms with Crippen molar-refractivity contribution >= 4 is 5.97 Å². The monoisotopic (exact) mass is 513 g/mol. The summed E-state index contributed by atoms with van der Waals surface area (Å²) in [6, 6.07) is 0.509. The van der Waals surface area contributed by atoms with Crippen molar-refractivity contribution in [2.75, 3.05) is 13.7 Å². The summed E-state index contributed by atoms with van der Waals surface area (Å²) in [6.45, 7) is 9.50. The quantitative estimate of drug-likeness (QED) is 0.426. The molecule has 4 aliphatic heterocycles. The maximum absolute atomic E-state index is 12.4. The number of aliphatic hydroxyl groups is 1. The van der Waals surface area contributed by atoms with Crippen LogP contribution in [0.15, 0.2) is 34.7 Å². The van der Waals surface area contributed by atoms with Crippen LogP contribution in [0.5, 0.6) is 0 Å². The minimum absolute atomic E-state index is 0.0631. The lowest BCUT2D eigenvalue weighted by Crippen LogP contribution is -2.57. The van der Waals surface area contributed by atoms with Gasteiger partial charge in [-0.05, 0) is 51.0 Å². The molecule has 6 heteroatoms. The minimum atomic E-state index is -0.358. The van der Waals surface area contributed by atoms with E-state index in [1.165, 1.54) is 38.5 Å². The summed E-state index contributed by atoms with van der Waals surface area (Å²) in [5, 5.41) is 11.5. The molecule has 0 aromatic carbocycles. The molecular weight excluding hydrogens is 466 g/mol. The van der Waals surface area contributed by atoms with Gasteiger partial charge in [-0.3, -0.25) is 4.90 Å². The Morgan fingerprint density at radius 2 is 1.89 bits per heavy atom. The van der Waals surface area contributed by atoms with Crippen LogP contribution in [0, 0.1) is 23.2 Å². The Balaban J connectivity index is 1.51. The van der Waals surface area contributed by atoms with Gasteiger partial charge in [0.1, 0.15) is 5.76 Å². The van der Waals surface area contributed by atoms with E-state index in [1.807, 2.05) is 0 Å². The fraction of sp³-hybridized carbons (Fsp3) is 0.774. The van der Waals surface area contributed by atoms with Gasteiger partial charge in [0, 0.05) is 35.9 Å². The highest BCUT2D eigenvalue weighted by molar-refractivity contribution is 5.93. The number of cyclic esters (lactones) is 1. The Bertz CT molecular complexity index is 972. The zero-order valence-electron chi connectivity index (χ0n) is 23.6. The van der Waals surface area contributed by atoms with Crippen LogP contribution in [0.2, 0.25) is 0 Å². The number of hydrogen-bond acceptors (Lipinski definition) is 6. The molecule has 5 aliphatic rings. The Hall–Kier alpha value is -1.79. The van der Waals surface area contributed by atoms with Crippen molar-refractivity contribution in [3.63, 3.8) is 0 Å². The first kappa shape index (κ1) is 26.8. The van der Waals surface area contributed by atoms with Gasteiger partial charge >= 0.3 is 5.97 Å². The number of rotatable bonds is 6. The Labute approximate surface area is 223 Å². The number of methoxy groups -OCH3 is 1. The molecule has 206 valence electrons. The molecule has 0 unspecified atom stereocenters. The van der Waals surface area contributed by atoms with Crippen molar-refractivity contribution in [1.29, 1.82) is 0 Å². The number of esters is 1. The molecular formula is C31H47NO5. The molecule has 0 aromatic heterocycles. The molecule has 4 heterocycles. The number of aliphatic hydroxyl groups excluding tert-OH is 1. The lowest BCUT2D eigenvalue weighted by molar-refractivity contribution is -0.133. The second-order valence-corrected chi connectivity index (χ2v) is 12.8. The molecule has 3 fully saturated rings. The van der Waals surface area contributed by atoms with Crippen molar-refractivity contribution < 1.29 is 24.1 Å². The summed E-state index contributed by atoms with van der Waals surface area (Å²) in [5.74, 6) is 3.29. The second kappa shape index (κ2) is 10.8. The van der Waals surface area contributed by atoms with Gasteiger partial charge in [-0.15, -0.1) is 0 Å². The predicted octanol–water partition coefficient (Wildman–Crippen LogP) is 6.22. The SMILES string of the molecule is COC1=C(C)C(=O)O/C1=C1/OC2=CC3(CCCCC3)CN3[C@@H](CCC[C@H]3[C@@H](O)CCCC(C)C)[C@H]2[C@@H]1C. The van der Waals surface area contributed by atoms with E-state index in [9.17, 15) is 9.90 Å². The number of nitrogens with zero attached hydrogens (tertiary/aromatic N) is 1. The average molecular weight is 514 g/mol. The first-order valence-corrected chi connectivity index (χ1v) is 14.8. The summed E-state index contributed by atoms with van der Waals surface area (Å²) in [4.78, 5) is 15.1. The molecule has 0 amide bonds. The second-order valence-electron chi connectivity index (χ2n) is 12.8. The number of piperidine rings is 1. The van der Waals surface area contributed by atoms with Crippen LogP contribution in [0.4, 0.5) is 0 Å². The van der Waals surface area contributed by atoms with Gasteiger partial charge in [-0.2, -0.15) is 0 Å². The van der Waals surface area contributed by atoms with Crippen LogP contribution >= 0.6 is 0 Å². The van der Waals surface area contributed by atoms with Crippen molar-refractivity contribution in [3.8, 4) is 0 Å². The number of carbonyl (C=O) groups excluding carboxylic acids is 1. The Morgan fingerprint density at radius 3 is 2.59 bits per heavy atom.